The molecule has 1 nitrogen and oxygen atoms in total. The third kappa shape index (κ3) is 2.22. The third-order valence-corrected chi connectivity index (χ3v) is 3.55. The van der Waals surface area contributed by atoms with E-state index < -0.39 is 0 Å². The minimum Gasteiger partial charge on any atom is -0.450 e. The van der Waals surface area contributed by atoms with Gasteiger partial charge in [0, 0.05) is 10.3 Å². The Labute approximate surface area is 104 Å². The van der Waals surface area contributed by atoms with Gasteiger partial charge in [0.25, 0.3) is 0 Å². The van der Waals surface area contributed by atoms with Crippen molar-refractivity contribution < 1.29 is 4.42 Å². The summed E-state index contributed by atoms with van der Waals surface area (Å²) >= 11 is 1.66. The second-order valence-corrected chi connectivity index (χ2v) is 5.10. The van der Waals surface area contributed by atoms with Crippen LogP contribution in [0.25, 0.3) is 11.0 Å². The molecule has 0 atom stereocenters. The molecule has 0 fully saturated rings. The van der Waals surface area contributed by atoms with E-state index in [2.05, 4.69) is 43.3 Å². The maximum absolute atomic E-state index is 5.77. The first kappa shape index (κ1) is 10.5. The molecule has 0 spiro atoms. The van der Waals surface area contributed by atoms with Crippen molar-refractivity contribution in [3.8, 4) is 0 Å². The standard InChI is InChI=1S/C15H12OS/c1-11-6-8-13(9-7-11)17-15-10-12-4-2-3-5-14(12)16-15/h2-10H,1H3. The van der Waals surface area contributed by atoms with Crippen LogP contribution >= 0.6 is 11.8 Å². The highest BCUT2D eigenvalue weighted by atomic mass is 32.2. The van der Waals surface area contributed by atoms with Crippen LogP contribution in [0.1, 0.15) is 5.56 Å². The van der Waals surface area contributed by atoms with Gasteiger partial charge in [0.1, 0.15) is 5.58 Å². The molecule has 0 saturated heterocycles. The fourth-order valence-corrected chi connectivity index (χ4v) is 2.55. The summed E-state index contributed by atoms with van der Waals surface area (Å²) in [5, 5.41) is 2.09. The lowest BCUT2D eigenvalue weighted by atomic mass is 10.2. The molecule has 17 heavy (non-hydrogen) atoms. The molecule has 0 N–H and O–H groups in total. The summed E-state index contributed by atoms with van der Waals surface area (Å²) in [6.45, 7) is 2.09. The van der Waals surface area contributed by atoms with Crippen LogP contribution in [-0.4, -0.2) is 0 Å². The van der Waals surface area contributed by atoms with E-state index in [1.165, 1.54) is 10.5 Å². The number of furan rings is 1. The Kier molecular flexibility index (Phi) is 2.65. The van der Waals surface area contributed by atoms with E-state index >= 15 is 0 Å². The van der Waals surface area contributed by atoms with Crippen LogP contribution in [0.15, 0.2) is 69.0 Å². The van der Waals surface area contributed by atoms with Crippen LogP contribution in [0.2, 0.25) is 0 Å². The van der Waals surface area contributed by atoms with Crippen molar-refractivity contribution >= 4 is 22.7 Å². The lowest BCUT2D eigenvalue weighted by Gasteiger charge is -1.97. The predicted octanol–water partition coefficient (Wildman–Crippen LogP) is 4.89. The molecule has 0 amide bonds. The molecule has 1 aromatic heterocycles. The highest BCUT2D eigenvalue weighted by Gasteiger charge is 2.04. The van der Waals surface area contributed by atoms with Crippen molar-refractivity contribution in [3.63, 3.8) is 0 Å². The Morgan fingerprint density at radius 1 is 0.941 bits per heavy atom. The minimum atomic E-state index is 0.940. The first-order chi connectivity index (χ1) is 8.31. The number of hydrogen-bond acceptors (Lipinski definition) is 2. The van der Waals surface area contributed by atoms with Crippen LogP contribution in [-0.2, 0) is 0 Å². The van der Waals surface area contributed by atoms with Crippen molar-refractivity contribution in [3.05, 3.63) is 60.2 Å². The van der Waals surface area contributed by atoms with Gasteiger partial charge >= 0.3 is 0 Å². The summed E-state index contributed by atoms with van der Waals surface area (Å²) in [5.74, 6) is 0. The summed E-state index contributed by atoms with van der Waals surface area (Å²) in [4.78, 5) is 1.20. The molecule has 0 unspecified atom stereocenters. The topological polar surface area (TPSA) is 13.1 Å². The second kappa shape index (κ2) is 4.30. The van der Waals surface area contributed by atoms with E-state index in [-0.39, 0.29) is 0 Å². The molecular formula is C15H12OS. The van der Waals surface area contributed by atoms with Gasteiger partial charge in [-0.3, -0.25) is 0 Å². The van der Waals surface area contributed by atoms with Crippen molar-refractivity contribution in [1.82, 2.24) is 0 Å². The predicted molar refractivity (Wildman–Crippen MR) is 71.5 cm³/mol. The number of fused-ring (bicyclic) bond motifs is 1. The maximum atomic E-state index is 5.77. The van der Waals surface area contributed by atoms with Crippen molar-refractivity contribution in [2.24, 2.45) is 0 Å². The zero-order valence-corrected chi connectivity index (χ0v) is 10.3. The molecule has 3 aromatic rings. The van der Waals surface area contributed by atoms with Gasteiger partial charge in [0.15, 0.2) is 5.09 Å². The lowest BCUT2D eigenvalue weighted by Crippen LogP contribution is -1.72. The molecule has 0 aliphatic rings. The van der Waals surface area contributed by atoms with Gasteiger partial charge in [-0.2, -0.15) is 0 Å². The van der Waals surface area contributed by atoms with Crippen LogP contribution in [0, 0.1) is 6.92 Å². The van der Waals surface area contributed by atoms with Crippen LogP contribution in [0.4, 0.5) is 0 Å². The van der Waals surface area contributed by atoms with Gasteiger partial charge in [-0.15, -0.1) is 0 Å². The van der Waals surface area contributed by atoms with Gasteiger partial charge in [-0.25, -0.2) is 0 Å². The average Bonchev–Trinajstić information content (AvgIpc) is 2.74. The lowest BCUT2D eigenvalue weighted by molar-refractivity contribution is 0.515. The zero-order valence-electron chi connectivity index (χ0n) is 9.51. The van der Waals surface area contributed by atoms with E-state index in [1.807, 2.05) is 18.2 Å². The number of para-hydroxylation sites is 1. The van der Waals surface area contributed by atoms with Gasteiger partial charge in [-0.1, -0.05) is 47.7 Å². The minimum absolute atomic E-state index is 0.940. The number of rotatable bonds is 2. The number of hydrogen-bond donors (Lipinski definition) is 0. The van der Waals surface area contributed by atoms with E-state index in [1.54, 1.807) is 11.8 Å². The number of benzene rings is 2. The fraction of sp³-hybridized carbons (Fsp3) is 0.0667. The normalized spacial score (nSPS) is 10.9. The van der Waals surface area contributed by atoms with E-state index in [0.29, 0.717) is 0 Å². The van der Waals surface area contributed by atoms with Crippen LogP contribution in [0.5, 0.6) is 0 Å². The molecule has 0 saturated carbocycles. The number of aryl methyl sites for hydroxylation is 1. The van der Waals surface area contributed by atoms with Gasteiger partial charge in [0.2, 0.25) is 0 Å². The van der Waals surface area contributed by atoms with E-state index in [4.69, 9.17) is 4.42 Å². The Bertz CT molecular complexity index is 604. The van der Waals surface area contributed by atoms with Gasteiger partial charge < -0.3 is 4.42 Å². The fourth-order valence-electron chi connectivity index (χ4n) is 1.73. The SMILES string of the molecule is Cc1ccc(Sc2cc3ccccc3o2)cc1. The first-order valence-electron chi connectivity index (χ1n) is 5.54. The molecule has 84 valence electrons. The maximum Gasteiger partial charge on any atom is 0.166 e. The highest BCUT2D eigenvalue weighted by Crippen LogP contribution is 2.32. The molecule has 3 rings (SSSR count). The Balaban J connectivity index is 1.92. The van der Waals surface area contributed by atoms with Crippen LogP contribution < -0.4 is 0 Å². The zero-order chi connectivity index (χ0) is 11.7. The molecule has 0 bridgehead atoms. The quantitative estimate of drug-likeness (QED) is 0.632. The Morgan fingerprint density at radius 3 is 2.47 bits per heavy atom. The monoisotopic (exact) mass is 240 g/mol. The van der Waals surface area contributed by atoms with Crippen LogP contribution in [0.3, 0.4) is 0 Å². The molecular weight excluding hydrogens is 228 g/mol. The molecule has 1 heterocycles. The largest absolute Gasteiger partial charge is 0.450 e. The highest BCUT2D eigenvalue weighted by molar-refractivity contribution is 7.99. The van der Waals surface area contributed by atoms with Gasteiger partial charge in [0.05, 0.1) is 0 Å². The van der Waals surface area contributed by atoms with Crippen molar-refractivity contribution in [2.75, 3.05) is 0 Å². The van der Waals surface area contributed by atoms with Gasteiger partial charge in [-0.05, 0) is 31.2 Å². The van der Waals surface area contributed by atoms with Crippen molar-refractivity contribution in [2.45, 2.75) is 16.9 Å². The second-order valence-electron chi connectivity index (χ2n) is 4.02. The third-order valence-electron chi connectivity index (χ3n) is 2.64. The molecule has 0 aliphatic heterocycles. The molecule has 2 aromatic carbocycles. The summed E-state index contributed by atoms with van der Waals surface area (Å²) in [6, 6.07) is 18.6. The molecule has 0 aliphatic carbocycles. The smallest absolute Gasteiger partial charge is 0.166 e. The first-order valence-corrected chi connectivity index (χ1v) is 6.36. The summed E-state index contributed by atoms with van der Waals surface area (Å²) in [6.07, 6.45) is 0. The summed E-state index contributed by atoms with van der Waals surface area (Å²) < 4.78 is 5.77. The molecule has 0 radical (unpaired) electrons. The van der Waals surface area contributed by atoms with E-state index in [0.717, 1.165) is 16.1 Å². The van der Waals surface area contributed by atoms with E-state index in [9.17, 15) is 0 Å². The average molecular weight is 240 g/mol. The summed E-state index contributed by atoms with van der Waals surface area (Å²) in [5.41, 5.74) is 2.22. The van der Waals surface area contributed by atoms with Crippen molar-refractivity contribution in [1.29, 1.82) is 0 Å². The molecule has 2 heteroatoms. The Morgan fingerprint density at radius 2 is 1.71 bits per heavy atom. The Hall–Kier alpha value is -1.67. The summed E-state index contributed by atoms with van der Waals surface area (Å²) in [7, 11) is 0.